The van der Waals surface area contributed by atoms with Crippen LogP contribution in [0.2, 0.25) is 5.02 Å². The number of carbonyl (C=O) groups is 2. The van der Waals surface area contributed by atoms with Gasteiger partial charge in [-0.2, -0.15) is 5.26 Å². The van der Waals surface area contributed by atoms with Crippen molar-refractivity contribution < 1.29 is 23.1 Å². The molecule has 4 rings (SSSR count). The number of amides is 2. The van der Waals surface area contributed by atoms with E-state index in [0.29, 0.717) is 40.3 Å². The van der Waals surface area contributed by atoms with Crippen LogP contribution < -0.4 is 15.4 Å². The van der Waals surface area contributed by atoms with E-state index in [1.807, 2.05) is 6.07 Å². The monoisotopic (exact) mass is 539 g/mol. The van der Waals surface area contributed by atoms with Crippen molar-refractivity contribution in [1.29, 1.82) is 5.26 Å². The zero-order chi connectivity index (χ0) is 27.8. The average molecular weight is 540 g/mol. The van der Waals surface area contributed by atoms with E-state index in [-0.39, 0.29) is 17.9 Å². The predicted molar refractivity (Wildman–Crippen MR) is 139 cm³/mol. The molecular weight excluding hydrogens is 516 g/mol. The topological polar surface area (TPSA) is 114 Å². The molecule has 0 aliphatic carbocycles. The Bertz CT molecular complexity index is 1460. The van der Waals surface area contributed by atoms with E-state index in [0.717, 1.165) is 12.1 Å². The lowest BCUT2D eigenvalue weighted by atomic mass is 9.94. The number of rotatable bonds is 8. The Balaban J connectivity index is 0.000000336. The number of hydrogen-bond donors (Lipinski definition) is 1. The molecule has 0 spiro atoms. The highest BCUT2D eigenvalue weighted by atomic mass is 35.5. The third-order valence-corrected chi connectivity index (χ3v) is 6.02. The van der Waals surface area contributed by atoms with Crippen LogP contribution in [-0.2, 0) is 4.79 Å². The summed E-state index contributed by atoms with van der Waals surface area (Å²) < 4.78 is 35.6. The number of imidazole rings is 1. The van der Waals surface area contributed by atoms with E-state index in [9.17, 15) is 23.6 Å². The summed E-state index contributed by atoms with van der Waals surface area (Å²) in [6.45, 7) is 1.81. The van der Waals surface area contributed by atoms with Crippen LogP contribution in [0.1, 0.15) is 40.7 Å². The molecule has 196 valence electrons. The molecule has 2 aromatic carbocycles. The van der Waals surface area contributed by atoms with Crippen LogP contribution in [0.3, 0.4) is 0 Å². The molecule has 0 saturated heterocycles. The van der Waals surface area contributed by atoms with Crippen LogP contribution >= 0.6 is 11.6 Å². The minimum atomic E-state index is -0.730. The van der Waals surface area contributed by atoms with Crippen LogP contribution in [0.4, 0.5) is 14.5 Å². The first-order valence-corrected chi connectivity index (χ1v) is 11.8. The number of nitriles is 1. The molecule has 1 atom stereocenters. The Morgan fingerprint density at radius 2 is 1.92 bits per heavy atom. The van der Waals surface area contributed by atoms with Crippen molar-refractivity contribution in [1.82, 2.24) is 9.38 Å². The number of pyridine rings is 1. The van der Waals surface area contributed by atoms with Crippen molar-refractivity contribution in [3.8, 4) is 11.8 Å². The number of halogens is 3. The van der Waals surface area contributed by atoms with Gasteiger partial charge in [-0.25, -0.2) is 13.8 Å². The van der Waals surface area contributed by atoms with E-state index < -0.39 is 23.5 Å². The second-order valence-corrected chi connectivity index (χ2v) is 8.56. The van der Waals surface area contributed by atoms with Gasteiger partial charge in [-0.3, -0.25) is 9.59 Å². The second kappa shape index (κ2) is 12.7. The molecule has 4 aromatic rings. The van der Waals surface area contributed by atoms with Gasteiger partial charge in [0, 0.05) is 59.3 Å². The largest absolute Gasteiger partial charge is 0.497 e. The van der Waals surface area contributed by atoms with Gasteiger partial charge in [0.2, 0.25) is 12.3 Å². The van der Waals surface area contributed by atoms with Crippen LogP contribution in [-0.4, -0.2) is 35.4 Å². The summed E-state index contributed by atoms with van der Waals surface area (Å²) in [5, 5.41) is 9.84. The number of fused-ring (bicyclic) bond motifs is 1. The van der Waals surface area contributed by atoms with Crippen LogP contribution in [0.15, 0.2) is 61.1 Å². The summed E-state index contributed by atoms with van der Waals surface area (Å²) in [7, 11) is 1.33. The predicted octanol–water partition coefficient (Wildman–Crippen LogP) is 5.09. The maximum atomic E-state index is 14.5. The summed E-state index contributed by atoms with van der Waals surface area (Å²) in [6.07, 6.45) is 5.76. The summed E-state index contributed by atoms with van der Waals surface area (Å²) in [5.41, 5.74) is 6.55. The minimum Gasteiger partial charge on any atom is -0.497 e. The molecule has 8 nitrogen and oxygen atoms in total. The van der Waals surface area contributed by atoms with Gasteiger partial charge in [0.05, 0.1) is 18.4 Å². The van der Waals surface area contributed by atoms with Gasteiger partial charge in [-0.05, 0) is 36.8 Å². The van der Waals surface area contributed by atoms with Crippen molar-refractivity contribution in [2.45, 2.75) is 19.3 Å². The van der Waals surface area contributed by atoms with Gasteiger partial charge in [-0.1, -0.05) is 18.5 Å². The molecule has 0 aliphatic rings. The smallest absolute Gasteiger partial charge is 0.248 e. The summed E-state index contributed by atoms with van der Waals surface area (Å²) in [6, 6.07) is 12.2. The third-order valence-electron chi connectivity index (χ3n) is 5.77. The fraction of sp³-hybridized carbons (Fsp3) is 0.185. The number of aromatic nitrogens is 2. The second-order valence-electron chi connectivity index (χ2n) is 8.12. The lowest BCUT2D eigenvalue weighted by molar-refractivity contribution is -0.107. The number of hydrogen-bond acceptors (Lipinski definition) is 5. The zero-order valence-corrected chi connectivity index (χ0v) is 21.3. The fourth-order valence-corrected chi connectivity index (χ4v) is 3.96. The molecular formula is C27H24ClF2N5O3. The standard InChI is InChI=1S/C20H18F2N4O2.C7H6ClNO/c1-3-14(19-16(21)7-15(28-2)8-17(19)22)11-26(12-27)18-6-13(9-23)10-25-5-4-24-20(18)25;8-6-3-1-5(2-4-6)7(9)10/h4-8,10,12,14H,3,11H2,1-2H3;1-4H,(H2,9,10). The number of ether oxygens (including phenoxy) is 1. The maximum Gasteiger partial charge on any atom is 0.248 e. The van der Waals surface area contributed by atoms with E-state index in [4.69, 9.17) is 22.1 Å². The zero-order valence-electron chi connectivity index (χ0n) is 20.6. The van der Waals surface area contributed by atoms with Gasteiger partial charge < -0.3 is 19.8 Å². The quantitative estimate of drug-likeness (QED) is 0.313. The molecule has 2 heterocycles. The molecule has 2 aromatic heterocycles. The molecule has 0 radical (unpaired) electrons. The molecule has 0 fully saturated rings. The fourth-order valence-electron chi connectivity index (χ4n) is 3.83. The third kappa shape index (κ3) is 6.44. The van der Waals surface area contributed by atoms with Crippen LogP contribution in [0, 0.1) is 23.0 Å². The summed E-state index contributed by atoms with van der Waals surface area (Å²) >= 11 is 5.56. The average Bonchev–Trinajstić information content (AvgIpc) is 3.39. The number of anilines is 1. The SMILES string of the molecule is CCC(CN(C=O)c1cc(C#N)cn2ccnc12)c1c(F)cc(OC)cc1F.NC(=O)c1ccc(Cl)cc1. The van der Waals surface area contributed by atoms with Gasteiger partial charge in [0.25, 0.3) is 0 Å². The minimum absolute atomic E-state index is 0.0254. The Morgan fingerprint density at radius 1 is 1.26 bits per heavy atom. The Morgan fingerprint density at radius 3 is 2.45 bits per heavy atom. The number of primary amides is 1. The van der Waals surface area contributed by atoms with Gasteiger partial charge in [-0.15, -0.1) is 0 Å². The Labute approximate surface area is 222 Å². The Kier molecular flexibility index (Phi) is 9.35. The molecule has 38 heavy (non-hydrogen) atoms. The summed E-state index contributed by atoms with van der Waals surface area (Å²) in [4.78, 5) is 27.8. The van der Waals surface area contributed by atoms with Crippen molar-refractivity contribution in [3.63, 3.8) is 0 Å². The van der Waals surface area contributed by atoms with Crippen molar-refractivity contribution in [2.75, 3.05) is 18.6 Å². The first-order valence-electron chi connectivity index (χ1n) is 11.4. The van der Waals surface area contributed by atoms with Crippen molar-refractivity contribution in [2.24, 2.45) is 5.73 Å². The lowest BCUT2D eigenvalue weighted by Crippen LogP contribution is -2.28. The molecule has 11 heteroatoms. The molecule has 0 bridgehead atoms. The first kappa shape index (κ1) is 28.1. The van der Waals surface area contributed by atoms with Gasteiger partial charge in [0.15, 0.2) is 5.65 Å². The van der Waals surface area contributed by atoms with Crippen molar-refractivity contribution >= 4 is 35.3 Å². The highest BCUT2D eigenvalue weighted by Gasteiger charge is 2.24. The highest BCUT2D eigenvalue weighted by Crippen LogP contribution is 2.31. The lowest BCUT2D eigenvalue weighted by Gasteiger charge is -2.25. The number of benzene rings is 2. The highest BCUT2D eigenvalue weighted by molar-refractivity contribution is 6.30. The van der Waals surface area contributed by atoms with Gasteiger partial charge >= 0.3 is 0 Å². The van der Waals surface area contributed by atoms with E-state index in [2.05, 4.69) is 4.98 Å². The Hall–Kier alpha value is -4.49. The number of nitrogens with zero attached hydrogens (tertiary/aromatic N) is 4. The van der Waals surface area contributed by atoms with E-state index in [1.54, 1.807) is 54.2 Å². The molecule has 1 unspecified atom stereocenters. The van der Waals surface area contributed by atoms with E-state index >= 15 is 0 Å². The first-order chi connectivity index (χ1) is 18.2. The molecule has 2 amide bonds. The number of nitrogens with two attached hydrogens (primary N) is 1. The normalized spacial score (nSPS) is 11.2. The van der Waals surface area contributed by atoms with E-state index in [1.165, 1.54) is 18.1 Å². The maximum absolute atomic E-state index is 14.5. The van der Waals surface area contributed by atoms with Crippen LogP contribution in [0.25, 0.3) is 5.65 Å². The van der Waals surface area contributed by atoms with Gasteiger partial charge in [0.1, 0.15) is 23.5 Å². The molecule has 2 N–H and O–H groups in total. The number of methoxy groups -OCH3 is 1. The van der Waals surface area contributed by atoms with Crippen molar-refractivity contribution in [3.05, 3.63) is 94.4 Å². The number of carbonyl (C=O) groups excluding carboxylic acids is 2. The molecule has 0 saturated carbocycles. The van der Waals surface area contributed by atoms with Crippen LogP contribution in [0.5, 0.6) is 5.75 Å². The summed E-state index contributed by atoms with van der Waals surface area (Å²) in [5.74, 6) is -2.41. The molecule has 0 aliphatic heterocycles.